The number of benzene rings is 1. The molecule has 0 aliphatic carbocycles. The first-order valence-corrected chi connectivity index (χ1v) is 9.23. The number of sulfonamides is 1. The molecule has 4 nitrogen and oxygen atoms in total. The molecule has 1 aromatic heterocycles. The lowest BCUT2D eigenvalue weighted by molar-refractivity contribution is 0.565. The summed E-state index contributed by atoms with van der Waals surface area (Å²) in [6.07, 6.45) is 0. The molecule has 0 bridgehead atoms. The molecule has 0 saturated heterocycles. The van der Waals surface area contributed by atoms with Gasteiger partial charge in [-0.2, -0.15) is 4.37 Å². The van der Waals surface area contributed by atoms with E-state index >= 15 is 0 Å². The van der Waals surface area contributed by atoms with E-state index in [0.717, 1.165) is 10.6 Å². The SMILES string of the molecule is CC.Cc1cc(C(C)NS(=O)(=O)c2ccc(Cl)cc2)ns1. The van der Waals surface area contributed by atoms with E-state index in [4.69, 9.17) is 11.6 Å². The molecule has 0 aliphatic rings. The highest BCUT2D eigenvalue weighted by Crippen LogP contribution is 2.19. The molecule has 1 heterocycles. The van der Waals surface area contributed by atoms with Crippen LogP contribution in [0.25, 0.3) is 0 Å². The number of nitrogens with zero attached hydrogens (tertiary/aromatic N) is 1. The first-order valence-electron chi connectivity index (χ1n) is 6.59. The molecule has 7 heteroatoms. The Bertz CT molecular complexity index is 667. The van der Waals surface area contributed by atoms with Crippen molar-refractivity contribution in [2.75, 3.05) is 0 Å². The summed E-state index contributed by atoms with van der Waals surface area (Å²) in [4.78, 5) is 1.24. The van der Waals surface area contributed by atoms with Gasteiger partial charge in [-0.25, -0.2) is 13.1 Å². The van der Waals surface area contributed by atoms with E-state index < -0.39 is 10.0 Å². The van der Waals surface area contributed by atoms with Crippen LogP contribution in [0, 0.1) is 6.92 Å². The second-order valence-corrected chi connectivity index (χ2v) is 7.32. The van der Waals surface area contributed by atoms with Crippen LogP contribution in [0.5, 0.6) is 0 Å². The summed E-state index contributed by atoms with van der Waals surface area (Å²) >= 11 is 7.10. The van der Waals surface area contributed by atoms with Gasteiger partial charge < -0.3 is 0 Å². The lowest BCUT2D eigenvalue weighted by Crippen LogP contribution is -2.27. The molecular weight excluding hydrogens is 328 g/mol. The molecule has 0 radical (unpaired) electrons. The van der Waals surface area contributed by atoms with E-state index in [-0.39, 0.29) is 10.9 Å². The smallest absolute Gasteiger partial charge is 0.207 e. The van der Waals surface area contributed by atoms with Crippen LogP contribution in [-0.4, -0.2) is 12.8 Å². The Labute approximate surface area is 135 Å². The van der Waals surface area contributed by atoms with Crippen molar-refractivity contribution in [3.05, 3.63) is 45.9 Å². The average Bonchev–Trinajstić information content (AvgIpc) is 2.88. The number of hydrogen-bond donors (Lipinski definition) is 1. The van der Waals surface area contributed by atoms with Crippen molar-refractivity contribution in [3.63, 3.8) is 0 Å². The molecule has 0 aliphatic heterocycles. The molecule has 0 amide bonds. The van der Waals surface area contributed by atoms with Gasteiger partial charge in [0.05, 0.1) is 16.6 Å². The van der Waals surface area contributed by atoms with Crippen molar-refractivity contribution in [1.82, 2.24) is 9.10 Å². The van der Waals surface area contributed by atoms with E-state index in [0.29, 0.717) is 5.02 Å². The third-order valence-electron chi connectivity index (χ3n) is 2.55. The lowest BCUT2D eigenvalue weighted by atomic mass is 10.2. The number of halogens is 1. The van der Waals surface area contributed by atoms with Crippen LogP contribution in [-0.2, 0) is 10.0 Å². The zero-order valence-corrected chi connectivity index (χ0v) is 14.8. The van der Waals surface area contributed by atoms with Crippen LogP contribution >= 0.6 is 23.1 Å². The zero-order valence-electron chi connectivity index (χ0n) is 12.4. The third-order valence-corrected chi connectivity index (χ3v) is 5.06. The van der Waals surface area contributed by atoms with Gasteiger partial charge in [-0.3, -0.25) is 0 Å². The summed E-state index contributed by atoms with van der Waals surface area (Å²) in [5.41, 5.74) is 0.722. The van der Waals surface area contributed by atoms with E-state index in [9.17, 15) is 8.42 Å². The largest absolute Gasteiger partial charge is 0.241 e. The predicted octanol–water partition coefficient (Wildman–Crippen LogP) is 4.17. The Kier molecular flexibility index (Phi) is 6.80. The minimum absolute atomic E-state index is 0.190. The number of hydrogen-bond acceptors (Lipinski definition) is 4. The van der Waals surface area contributed by atoms with Crippen molar-refractivity contribution in [3.8, 4) is 0 Å². The maximum Gasteiger partial charge on any atom is 0.241 e. The summed E-state index contributed by atoms with van der Waals surface area (Å²) < 4.78 is 31.1. The van der Waals surface area contributed by atoms with Gasteiger partial charge in [0.25, 0.3) is 0 Å². The molecule has 2 rings (SSSR count). The minimum atomic E-state index is -3.56. The number of aryl methyl sites for hydroxylation is 1. The average molecular weight is 347 g/mol. The van der Waals surface area contributed by atoms with Crippen LogP contribution < -0.4 is 4.72 Å². The van der Waals surface area contributed by atoms with Gasteiger partial charge in [-0.1, -0.05) is 25.4 Å². The number of nitrogens with one attached hydrogen (secondary N) is 1. The van der Waals surface area contributed by atoms with E-state index in [1.54, 1.807) is 19.1 Å². The quantitative estimate of drug-likeness (QED) is 0.903. The zero-order chi connectivity index (χ0) is 16.0. The Morgan fingerprint density at radius 3 is 2.29 bits per heavy atom. The first-order chi connectivity index (χ1) is 9.88. The second kappa shape index (κ2) is 7.89. The molecule has 1 aromatic carbocycles. The standard InChI is InChI=1S/C12H13ClN2O2S2.C2H6/c1-8-7-12(14-18-8)9(2)15-19(16,17)11-5-3-10(13)4-6-11;1-2/h3-7,9,15H,1-2H3;1-2H3. The van der Waals surface area contributed by atoms with E-state index in [1.165, 1.54) is 23.7 Å². The molecule has 0 fully saturated rings. The lowest BCUT2D eigenvalue weighted by Gasteiger charge is -2.12. The highest BCUT2D eigenvalue weighted by molar-refractivity contribution is 7.89. The van der Waals surface area contributed by atoms with Crippen LogP contribution in [0.4, 0.5) is 0 Å². The van der Waals surface area contributed by atoms with Gasteiger partial charge in [-0.05, 0) is 55.7 Å². The maximum absolute atomic E-state index is 12.2. The highest BCUT2D eigenvalue weighted by Gasteiger charge is 2.19. The molecule has 1 N–H and O–H groups in total. The van der Waals surface area contributed by atoms with Crippen molar-refractivity contribution < 1.29 is 8.42 Å². The van der Waals surface area contributed by atoms with Gasteiger partial charge in [0.1, 0.15) is 0 Å². The molecule has 0 spiro atoms. The van der Waals surface area contributed by atoms with Gasteiger partial charge in [-0.15, -0.1) is 0 Å². The van der Waals surface area contributed by atoms with Crippen molar-refractivity contribution >= 4 is 33.2 Å². The molecule has 1 atom stereocenters. The van der Waals surface area contributed by atoms with Gasteiger partial charge >= 0.3 is 0 Å². The first kappa shape index (κ1) is 18.1. The van der Waals surface area contributed by atoms with Crippen molar-refractivity contribution in [1.29, 1.82) is 0 Å². The van der Waals surface area contributed by atoms with Crippen LogP contribution in [0.1, 0.15) is 37.4 Å². The molecule has 1 unspecified atom stereocenters. The fourth-order valence-electron chi connectivity index (χ4n) is 1.56. The molecular formula is C14H19ClN2O2S2. The normalized spacial score (nSPS) is 12.4. The summed E-state index contributed by atoms with van der Waals surface area (Å²) in [5, 5.41) is 0.502. The molecule has 2 aromatic rings. The summed E-state index contributed by atoms with van der Waals surface area (Å²) in [5.74, 6) is 0. The molecule has 0 saturated carbocycles. The third kappa shape index (κ3) is 5.07. The summed E-state index contributed by atoms with van der Waals surface area (Å²) in [6, 6.07) is 7.56. The molecule has 116 valence electrons. The topological polar surface area (TPSA) is 59.1 Å². The Morgan fingerprint density at radius 2 is 1.81 bits per heavy atom. The monoisotopic (exact) mass is 346 g/mol. The fourth-order valence-corrected chi connectivity index (χ4v) is 3.54. The number of aromatic nitrogens is 1. The Morgan fingerprint density at radius 1 is 1.24 bits per heavy atom. The maximum atomic E-state index is 12.2. The number of rotatable bonds is 4. The Hall–Kier alpha value is -0.950. The summed E-state index contributed by atoms with van der Waals surface area (Å²) in [6.45, 7) is 7.70. The second-order valence-electron chi connectivity index (χ2n) is 4.16. The predicted molar refractivity (Wildman–Crippen MR) is 88.4 cm³/mol. The minimum Gasteiger partial charge on any atom is -0.207 e. The van der Waals surface area contributed by atoms with Gasteiger partial charge in [0, 0.05) is 9.90 Å². The highest BCUT2D eigenvalue weighted by atomic mass is 35.5. The Balaban J connectivity index is 0.00000106. The fraction of sp³-hybridized carbons (Fsp3) is 0.357. The molecule has 21 heavy (non-hydrogen) atoms. The van der Waals surface area contributed by atoms with E-state index in [2.05, 4.69) is 9.10 Å². The van der Waals surface area contributed by atoms with Gasteiger partial charge in [0.2, 0.25) is 10.0 Å². The summed E-state index contributed by atoms with van der Waals surface area (Å²) in [7, 11) is -3.56. The van der Waals surface area contributed by atoms with Crippen molar-refractivity contribution in [2.24, 2.45) is 0 Å². The van der Waals surface area contributed by atoms with Crippen LogP contribution in [0.15, 0.2) is 35.2 Å². The van der Waals surface area contributed by atoms with E-state index in [1.807, 2.05) is 26.8 Å². The van der Waals surface area contributed by atoms with Crippen LogP contribution in [0.2, 0.25) is 5.02 Å². The van der Waals surface area contributed by atoms with Gasteiger partial charge in [0.15, 0.2) is 0 Å². The van der Waals surface area contributed by atoms with Crippen molar-refractivity contribution in [2.45, 2.75) is 38.6 Å². The van der Waals surface area contributed by atoms with Crippen LogP contribution in [0.3, 0.4) is 0 Å².